The van der Waals surface area contributed by atoms with Crippen molar-refractivity contribution in [3.05, 3.63) is 77.9 Å². The van der Waals surface area contributed by atoms with Crippen molar-refractivity contribution in [1.82, 2.24) is 14.8 Å². The molecule has 0 aliphatic rings. The average molecular weight is 379 g/mol. The number of rotatable bonds is 8. The summed E-state index contributed by atoms with van der Waals surface area (Å²) in [5, 5.41) is 4.04. The van der Waals surface area contributed by atoms with Crippen LogP contribution in [0, 0.1) is 0 Å². The molecular formula is C21H21N3O4. The number of Topliss-reactive ketones (excluding diaryl/α,β-unsaturated/α-hetero) is 1. The topological polar surface area (TPSA) is 83.3 Å². The first-order valence-electron chi connectivity index (χ1n) is 8.96. The number of ketones is 1. The first-order chi connectivity index (χ1) is 13.6. The van der Waals surface area contributed by atoms with Gasteiger partial charge in [-0.25, -0.2) is 14.5 Å². The minimum Gasteiger partial charge on any atom is -0.494 e. The third kappa shape index (κ3) is 4.82. The van der Waals surface area contributed by atoms with Crippen LogP contribution in [-0.2, 0) is 11.3 Å². The zero-order valence-electron chi connectivity index (χ0n) is 15.7. The highest BCUT2D eigenvalue weighted by molar-refractivity contribution is 6.01. The Labute approximate surface area is 162 Å². The molecule has 0 spiro atoms. The van der Waals surface area contributed by atoms with Gasteiger partial charge >= 0.3 is 5.97 Å². The third-order valence-electron chi connectivity index (χ3n) is 4.10. The van der Waals surface area contributed by atoms with Crippen LogP contribution < -0.4 is 4.74 Å². The second kappa shape index (κ2) is 8.94. The zero-order valence-corrected chi connectivity index (χ0v) is 15.7. The molecule has 7 heteroatoms. The van der Waals surface area contributed by atoms with Crippen molar-refractivity contribution in [3.8, 4) is 5.75 Å². The first kappa shape index (κ1) is 19.3. The second-order valence-corrected chi connectivity index (χ2v) is 6.16. The van der Waals surface area contributed by atoms with E-state index >= 15 is 0 Å². The summed E-state index contributed by atoms with van der Waals surface area (Å²) in [6, 6.07) is 13.7. The van der Waals surface area contributed by atoms with Crippen molar-refractivity contribution in [2.75, 3.05) is 6.61 Å². The van der Waals surface area contributed by atoms with Crippen LogP contribution in [0.4, 0.5) is 0 Å². The molecule has 0 radical (unpaired) electrons. The first-order valence-corrected chi connectivity index (χ1v) is 8.96. The van der Waals surface area contributed by atoms with Crippen molar-refractivity contribution in [1.29, 1.82) is 0 Å². The monoisotopic (exact) mass is 379 g/mol. The third-order valence-corrected chi connectivity index (χ3v) is 4.10. The maximum absolute atomic E-state index is 12.5. The molecule has 0 aliphatic heterocycles. The normalized spacial score (nSPS) is 11.6. The van der Waals surface area contributed by atoms with Gasteiger partial charge < -0.3 is 9.47 Å². The van der Waals surface area contributed by atoms with Crippen LogP contribution in [0.15, 0.2) is 61.2 Å². The highest BCUT2D eigenvalue weighted by Gasteiger charge is 2.20. The highest BCUT2D eigenvalue weighted by atomic mass is 16.5. The molecule has 1 heterocycles. The number of hydrogen-bond acceptors (Lipinski definition) is 6. The van der Waals surface area contributed by atoms with Gasteiger partial charge in [-0.15, -0.1) is 0 Å². The second-order valence-electron chi connectivity index (χ2n) is 6.16. The van der Waals surface area contributed by atoms with E-state index in [0.29, 0.717) is 30.0 Å². The van der Waals surface area contributed by atoms with Gasteiger partial charge in [-0.1, -0.05) is 12.1 Å². The number of ether oxygens (including phenoxy) is 2. The largest absolute Gasteiger partial charge is 0.494 e. The molecule has 144 valence electrons. The molecule has 0 unspecified atom stereocenters. The molecule has 0 aliphatic carbocycles. The van der Waals surface area contributed by atoms with E-state index in [-0.39, 0.29) is 5.78 Å². The summed E-state index contributed by atoms with van der Waals surface area (Å²) in [5.74, 6) is -0.118. The lowest BCUT2D eigenvalue weighted by Crippen LogP contribution is -2.24. The van der Waals surface area contributed by atoms with Crippen molar-refractivity contribution in [2.45, 2.75) is 26.5 Å². The van der Waals surface area contributed by atoms with E-state index in [9.17, 15) is 9.59 Å². The highest BCUT2D eigenvalue weighted by Crippen LogP contribution is 2.15. The molecule has 1 atom stereocenters. The predicted molar refractivity (Wildman–Crippen MR) is 102 cm³/mol. The van der Waals surface area contributed by atoms with E-state index in [1.807, 2.05) is 19.1 Å². The lowest BCUT2D eigenvalue weighted by atomic mass is 10.1. The van der Waals surface area contributed by atoms with E-state index < -0.39 is 12.1 Å². The fraction of sp³-hybridized carbons (Fsp3) is 0.238. The maximum Gasteiger partial charge on any atom is 0.338 e. The van der Waals surface area contributed by atoms with Crippen molar-refractivity contribution < 1.29 is 19.1 Å². The van der Waals surface area contributed by atoms with Gasteiger partial charge in [-0.05, 0) is 55.8 Å². The average Bonchev–Trinajstić information content (AvgIpc) is 3.22. The van der Waals surface area contributed by atoms with E-state index in [1.165, 1.54) is 6.33 Å². The number of esters is 1. The number of carbonyl (C=O) groups excluding carboxylic acids is 2. The molecular weight excluding hydrogens is 358 g/mol. The van der Waals surface area contributed by atoms with Gasteiger partial charge in [0, 0.05) is 5.56 Å². The Hall–Kier alpha value is -3.48. The number of nitrogens with zero attached hydrogens (tertiary/aromatic N) is 3. The molecule has 3 rings (SSSR count). The Morgan fingerprint density at radius 3 is 2.32 bits per heavy atom. The molecule has 0 N–H and O–H groups in total. The molecule has 3 aromatic rings. The van der Waals surface area contributed by atoms with Gasteiger partial charge in [0.2, 0.25) is 5.78 Å². The fourth-order valence-electron chi connectivity index (χ4n) is 2.65. The van der Waals surface area contributed by atoms with E-state index in [2.05, 4.69) is 10.1 Å². The van der Waals surface area contributed by atoms with Crippen LogP contribution in [0.1, 0.15) is 40.1 Å². The van der Waals surface area contributed by atoms with Crippen LogP contribution in [0.25, 0.3) is 0 Å². The summed E-state index contributed by atoms with van der Waals surface area (Å²) in [4.78, 5) is 28.7. The quantitative estimate of drug-likeness (QED) is 0.442. The van der Waals surface area contributed by atoms with E-state index in [1.54, 1.807) is 54.3 Å². The van der Waals surface area contributed by atoms with Crippen LogP contribution in [0.2, 0.25) is 0 Å². The molecule has 7 nitrogen and oxygen atoms in total. The van der Waals surface area contributed by atoms with Crippen molar-refractivity contribution in [2.24, 2.45) is 0 Å². The lowest BCUT2D eigenvalue weighted by molar-refractivity contribution is 0.0319. The predicted octanol–water partition coefficient (Wildman–Crippen LogP) is 3.15. The standard InChI is InChI=1S/C21H21N3O4/c1-3-27-19-10-8-17(9-11-19)20(25)15(2)28-21(26)18-6-4-16(5-7-18)12-24-14-22-13-23-24/h4-11,13-15H,3,12H2,1-2H3/t15-/m1/s1. The van der Waals surface area contributed by atoms with Gasteiger partial charge in [-0.3, -0.25) is 4.79 Å². The summed E-state index contributed by atoms with van der Waals surface area (Å²) in [6.07, 6.45) is 2.20. The number of carbonyl (C=O) groups is 2. The smallest absolute Gasteiger partial charge is 0.338 e. The van der Waals surface area contributed by atoms with Crippen molar-refractivity contribution >= 4 is 11.8 Å². The van der Waals surface area contributed by atoms with Gasteiger partial charge in [0.15, 0.2) is 6.10 Å². The Morgan fingerprint density at radius 1 is 1.04 bits per heavy atom. The summed E-state index contributed by atoms with van der Waals surface area (Å²) in [7, 11) is 0. The van der Waals surface area contributed by atoms with E-state index in [0.717, 1.165) is 5.56 Å². The van der Waals surface area contributed by atoms with Gasteiger partial charge in [0.05, 0.1) is 18.7 Å². The molecule has 2 aromatic carbocycles. The fourth-order valence-corrected chi connectivity index (χ4v) is 2.65. The number of benzene rings is 2. The van der Waals surface area contributed by atoms with E-state index in [4.69, 9.17) is 9.47 Å². The Morgan fingerprint density at radius 2 is 1.71 bits per heavy atom. The Balaban J connectivity index is 1.59. The molecule has 28 heavy (non-hydrogen) atoms. The van der Waals surface area contributed by atoms with Crippen LogP contribution >= 0.6 is 0 Å². The Kier molecular flexibility index (Phi) is 6.16. The lowest BCUT2D eigenvalue weighted by Gasteiger charge is -2.13. The van der Waals surface area contributed by atoms with Crippen molar-refractivity contribution in [3.63, 3.8) is 0 Å². The Bertz CT molecular complexity index is 919. The van der Waals surface area contributed by atoms with Crippen LogP contribution in [-0.4, -0.2) is 39.2 Å². The van der Waals surface area contributed by atoms with Crippen LogP contribution in [0.3, 0.4) is 0 Å². The molecule has 0 bridgehead atoms. The number of hydrogen-bond donors (Lipinski definition) is 0. The minimum atomic E-state index is -0.889. The summed E-state index contributed by atoms with van der Waals surface area (Å²) in [5.41, 5.74) is 1.82. The van der Waals surface area contributed by atoms with Crippen LogP contribution in [0.5, 0.6) is 5.75 Å². The molecule has 1 aromatic heterocycles. The summed E-state index contributed by atoms with van der Waals surface area (Å²) < 4.78 is 12.4. The van der Waals surface area contributed by atoms with Gasteiger partial charge in [0.1, 0.15) is 18.4 Å². The zero-order chi connectivity index (χ0) is 19.9. The SMILES string of the molecule is CCOc1ccc(C(=O)[C@@H](C)OC(=O)c2ccc(Cn3cncn3)cc2)cc1. The summed E-state index contributed by atoms with van der Waals surface area (Å²) in [6.45, 7) is 4.57. The molecule has 0 amide bonds. The summed E-state index contributed by atoms with van der Waals surface area (Å²) >= 11 is 0. The minimum absolute atomic E-state index is 0.265. The van der Waals surface area contributed by atoms with Gasteiger partial charge in [-0.2, -0.15) is 5.10 Å². The molecule has 0 saturated carbocycles. The van der Waals surface area contributed by atoms with Gasteiger partial charge in [0.25, 0.3) is 0 Å². The molecule has 0 saturated heterocycles. The maximum atomic E-state index is 12.5. The number of aromatic nitrogens is 3. The molecule has 0 fully saturated rings.